The molecule has 1 aliphatic rings. The van der Waals surface area contributed by atoms with Crippen molar-refractivity contribution in [1.29, 1.82) is 0 Å². The topological polar surface area (TPSA) is 50.1 Å². The molecular weight excluding hydrogens is 376 g/mol. The third-order valence-corrected chi connectivity index (χ3v) is 5.36. The second-order valence-corrected chi connectivity index (χ2v) is 7.37. The van der Waals surface area contributed by atoms with Gasteiger partial charge >= 0.3 is 0 Å². The molecule has 146 valence electrons. The fourth-order valence-electron chi connectivity index (χ4n) is 3.62. The van der Waals surface area contributed by atoms with Crippen LogP contribution in [0.15, 0.2) is 48.7 Å². The van der Waals surface area contributed by atoms with Gasteiger partial charge in [-0.25, -0.2) is 4.98 Å². The predicted molar refractivity (Wildman–Crippen MR) is 109 cm³/mol. The van der Waals surface area contributed by atoms with Crippen LogP contribution in [0.4, 0.5) is 0 Å². The number of nitrogens with zero attached hydrogens (tertiary/aromatic N) is 4. The summed E-state index contributed by atoms with van der Waals surface area (Å²) in [7, 11) is 1.55. The highest BCUT2D eigenvalue weighted by molar-refractivity contribution is 6.30. The molecule has 0 spiro atoms. The van der Waals surface area contributed by atoms with Crippen LogP contribution in [0.3, 0.4) is 0 Å². The summed E-state index contributed by atoms with van der Waals surface area (Å²) in [4.78, 5) is 21.1. The SMILES string of the molecule is COCC(=O)N1CCN(Cc2c(-c3ccc(Cl)cc3)nc3ccccn23)CC1. The van der Waals surface area contributed by atoms with E-state index in [4.69, 9.17) is 21.3 Å². The lowest BCUT2D eigenvalue weighted by molar-refractivity contribution is -0.136. The molecular formula is C21H23ClN4O2. The Balaban J connectivity index is 1.58. The zero-order valence-electron chi connectivity index (χ0n) is 15.8. The van der Waals surface area contributed by atoms with Crippen LogP contribution in [-0.2, 0) is 16.1 Å². The number of carbonyl (C=O) groups excluding carboxylic acids is 1. The number of halogens is 1. The first-order valence-corrected chi connectivity index (χ1v) is 9.74. The van der Waals surface area contributed by atoms with E-state index in [0.717, 1.165) is 55.3 Å². The van der Waals surface area contributed by atoms with Crippen LogP contribution >= 0.6 is 11.6 Å². The molecule has 0 unspecified atom stereocenters. The van der Waals surface area contributed by atoms with Crippen LogP contribution < -0.4 is 0 Å². The minimum absolute atomic E-state index is 0.0544. The van der Waals surface area contributed by atoms with E-state index in [9.17, 15) is 4.79 Å². The van der Waals surface area contributed by atoms with Gasteiger partial charge in [-0.15, -0.1) is 0 Å². The second kappa shape index (κ2) is 8.31. The molecule has 0 bridgehead atoms. The first kappa shape index (κ1) is 18.9. The Kier molecular flexibility index (Phi) is 5.62. The van der Waals surface area contributed by atoms with Crippen LogP contribution in [0, 0.1) is 0 Å². The molecule has 1 saturated heterocycles. The number of imidazole rings is 1. The smallest absolute Gasteiger partial charge is 0.248 e. The number of amides is 1. The summed E-state index contributed by atoms with van der Waals surface area (Å²) in [6.07, 6.45) is 2.05. The summed E-state index contributed by atoms with van der Waals surface area (Å²) >= 11 is 6.06. The van der Waals surface area contributed by atoms with Gasteiger partial charge in [-0.3, -0.25) is 9.69 Å². The standard InChI is InChI=1S/C21H23ClN4O2/c1-28-15-20(27)25-12-10-24(11-13-25)14-18-21(16-5-7-17(22)8-6-16)23-19-4-2-3-9-26(18)19/h2-9H,10-15H2,1H3. The molecule has 1 fully saturated rings. The van der Waals surface area contributed by atoms with Gasteiger partial charge in [0.2, 0.25) is 5.91 Å². The van der Waals surface area contributed by atoms with Crippen molar-refractivity contribution in [3.05, 3.63) is 59.4 Å². The number of hydrogen-bond donors (Lipinski definition) is 0. The van der Waals surface area contributed by atoms with E-state index in [1.165, 1.54) is 0 Å². The summed E-state index contributed by atoms with van der Waals surface area (Å²) in [5.41, 5.74) is 4.10. The Labute approximate surface area is 169 Å². The Morgan fingerprint density at radius 2 is 1.86 bits per heavy atom. The van der Waals surface area contributed by atoms with Crippen molar-refractivity contribution in [3.63, 3.8) is 0 Å². The van der Waals surface area contributed by atoms with Crippen LogP contribution in [0.2, 0.25) is 5.02 Å². The third-order valence-electron chi connectivity index (χ3n) is 5.11. The summed E-state index contributed by atoms with van der Waals surface area (Å²) < 4.78 is 7.11. The molecule has 4 rings (SSSR count). The molecule has 1 aliphatic heterocycles. The maximum Gasteiger partial charge on any atom is 0.248 e. The maximum absolute atomic E-state index is 12.0. The zero-order chi connectivity index (χ0) is 19.5. The van der Waals surface area contributed by atoms with Crippen molar-refractivity contribution in [2.75, 3.05) is 39.9 Å². The monoisotopic (exact) mass is 398 g/mol. The zero-order valence-corrected chi connectivity index (χ0v) is 16.6. The summed E-state index contributed by atoms with van der Waals surface area (Å²) in [5.74, 6) is 0.0544. The molecule has 1 amide bonds. The fraction of sp³-hybridized carbons (Fsp3) is 0.333. The Hall–Kier alpha value is -2.41. The fourth-order valence-corrected chi connectivity index (χ4v) is 3.74. The molecule has 0 saturated carbocycles. The van der Waals surface area contributed by atoms with Gasteiger partial charge < -0.3 is 14.0 Å². The molecule has 0 N–H and O–H groups in total. The molecule has 1 aromatic carbocycles. The summed E-state index contributed by atoms with van der Waals surface area (Å²) in [5, 5.41) is 0.714. The predicted octanol–water partition coefficient (Wildman–Crippen LogP) is 2.95. The molecule has 7 heteroatoms. The van der Waals surface area contributed by atoms with Crippen LogP contribution in [0.5, 0.6) is 0 Å². The first-order chi connectivity index (χ1) is 13.7. The highest BCUT2D eigenvalue weighted by atomic mass is 35.5. The highest BCUT2D eigenvalue weighted by Gasteiger charge is 2.23. The average Bonchev–Trinajstić information content (AvgIpc) is 3.08. The Morgan fingerprint density at radius 1 is 1.11 bits per heavy atom. The number of pyridine rings is 1. The van der Waals surface area contributed by atoms with Gasteiger partial charge in [-0.2, -0.15) is 0 Å². The van der Waals surface area contributed by atoms with Crippen molar-refractivity contribution in [1.82, 2.24) is 19.2 Å². The highest BCUT2D eigenvalue weighted by Crippen LogP contribution is 2.27. The normalized spacial score (nSPS) is 15.3. The van der Waals surface area contributed by atoms with Gasteiger partial charge in [-0.05, 0) is 24.3 Å². The molecule has 6 nitrogen and oxygen atoms in total. The number of carbonyl (C=O) groups is 1. The number of rotatable bonds is 5. The average molecular weight is 399 g/mol. The molecule has 0 aliphatic carbocycles. The van der Waals surface area contributed by atoms with E-state index >= 15 is 0 Å². The van der Waals surface area contributed by atoms with Crippen LogP contribution in [0.1, 0.15) is 5.69 Å². The van der Waals surface area contributed by atoms with Crippen molar-refractivity contribution in [2.24, 2.45) is 0 Å². The van der Waals surface area contributed by atoms with Gasteiger partial charge in [0.25, 0.3) is 0 Å². The van der Waals surface area contributed by atoms with Gasteiger partial charge in [0, 0.05) is 56.6 Å². The van der Waals surface area contributed by atoms with E-state index in [2.05, 4.69) is 15.5 Å². The van der Waals surface area contributed by atoms with Gasteiger partial charge in [0.1, 0.15) is 12.3 Å². The number of hydrogen-bond acceptors (Lipinski definition) is 4. The van der Waals surface area contributed by atoms with E-state index in [1.807, 2.05) is 47.4 Å². The lowest BCUT2D eigenvalue weighted by Gasteiger charge is -2.34. The summed E-state index contributed by atoms with van der Waals surface area (Å²) in [6.45, 7) is 4.01. The van der Waals surface area contributed by atoms with Crippen molar-refractivity contribution >= 4 is 23.2 Å². The quantitative estimate of drug-likeness (QED) is 0.663. The summed E-state index contributed by atoms with van der Waals surface area (Å²) in [6, 6.07) is 13.8. The number of ether oxygens (including phenoxy) is 1. The number of benzene rings is 1. The first-order valence-electron chi connectivity index (χ1n) is 9.36. The molecule has 0 atom stereocenters. The van der Waals surface area contributed by atoms with E-state index in [1.54, 1.807) is 7.11 Å². The van der Waals surface area contributed by atoms with Crippen molar-refractivity contribution in [2.45, 2.75) is 6.54 Å². The Bertz CT molecular complexity index is 962. The van der Waals surface area contributed by atoms with Crippen molar-refractivity contribution < 1.29 is 9.53 Å². The number of methoxy groups -OCH3 is 1. The minimum atomic E-state index is 0.0544. The minimum Gasteiger partial charge on any atom is -0.375 e. The molecule has 2 aromatic heterocycles. The lowest BCUT2D eigenvalue weighted by Crippen LogP contribution is -2.49. The molecule has 3 aromatic rings. The lowest BCUT2D eigenvalue weighted by atomic mass is 10.1. The van der Waals surface area contributed by atoms with E-state index in [0.29, 0.717) is 5.02 Å². The van der Waals surface area contributed by atoms with Crippen molar-refractivity contribution in [3.8, 4) is 11.3 Å². The molecule has 0 radical (unpaired) electrons. The maximum atomic E-state index is 12.0. The van der Waals surface area contributed by atoms with E-state index < -0.39 is 0 Å². The van der Waals surface area contributed by atoms with Crippen LogP contribution in [0.25, 0.3) is 16.9 Å². The second-order valence-electron chi connectivity index (χ2n) is 6.93. The molecule has 28 heavy (non-hydrogen) atoms. The third kappa shape index (κ3) is 3.90. The number of fused-ring (bicyclic) bond motifs is 1. The van der Waals surface area contributed by atoms with Crippen LogP contribution in [-0.4, -0.2) is 65.0 Å². The van der Waals surface area contributed by atoms with E-state index in [-0.39, 0.29) is 12.5 Å². The number of aromatic nitrogens is 2. The van der Waals surface area contributed by atoms with Gasteiger partial charge in [0.15, 0.2) is 0 Å². The largest absolute Gasteiger partial charge is 0.375 e. The van der Waals surface area contributed by atoms with Gasteiger partial charge in [0.05, 0.1) is 11.4 Å². The van der Waals surface area contributed by atoms with Gasteiger partial charge in [-0.1, -0.05) is 29.8 Å². The Morgan fingerprint density at radius 3 is 2.57 bits per heavy atom. The molecule has 3 heterocycles. The number of piperazine rings is 1.